The number of furan rings is 1. The fourth-order valence-electron chi connectivity index (χ4n) is 2.03. The Balaban J connectivity index is 2.16. The highest BCUT2D eigenvalue weighted by Gasteiger charge is 2.17. The van der Waals surface area contributed by atoms with E-state index >= 15 is 0 Å². The average molecular weight is 279 g/mol. The van der Waals surface area contributed by atoms with Gasteiger partial charge in [0.25, 0.3) is 0 Å². The molecular weight excluding hydrogens is 260 g/mol. The van der Waals surface area contributed by atoms with Gasteiger partial charge in [0.15, 0.2) is 5.22 Å². The maximum absolute atomic E-state index is 5.86. The van der Waals surface area contributed by atoms with Crippen molar-refractivity contribution in [3.05, 3.63) is 52.7 Å². The van der Waals surface area contributed by atoms with E-state index in [9.17, 15) is 0 Å². The number of aryl methyl sites for hydroxylation is 1. The number of rotatable bonds is 6. The molecule has 1 atom stereocenters. The average Bonchev–Trinajstić information content (AvgIpc) is 2.83. The molecule has 0 saturated heterocycles. The molecule has 0 saturated carbocycles. The van der Waals surface area contributed by atoms with Crippen molar-refractivity contribution in [1.29, 1.82) is 0 Å². The highest BCUT2D eigenvalue weighted by atomic mass is 35.5. The number of pyridine rings is 1. The molecule has 102 valence electrons. The molecule has 0 radical (unpaired) electrons. The van der Waals surface area contributed by atoms with Crippen LogP contribution in [0, 0.1) is 6.92 Å². The summed E-state index contributed by atoms with van der Waals surface area (Å²) < 4.78 is 5.53. The van der Waals surface area contributed by atoms with Crippen LogP contribution in [-0.4, -0.2) is 11.5 Å². The van der Waals surface area contributed by atoms with Gasteiger partial charge in [-0.2, -0.15) is 0 Å². The van der Waals surface area contributed by atoms with Crippen LogP contribution in [0.2, 0.25) is 5.22 Å². The summed E-state index contributed by atoms with van der Waals surface area (Å²) in [4.78, 5) is 4.44. The van der Waals surface area contributed by atoms with Crippen LogP contribution in [0.4, 0.5) is 0 Å². The van der Waals surface area contributed by atoms with Gasteiger partial charge in [-0.1, -0.05) is 13.0 Å². The van der Waals surface area contributed by atoms with E-state index in [0.29, 0.717) is 5.22 Å². The third-order valence-electron chi connectivity index (χ3n) is 3.09. The van der Waals surface area contributed by atoms with Crippen LogP contribution < -0.4 is 5.32 Å². The zero-order valence-electron chi connectivity index (χ0n) is 11.3. The predicted octanol–water partition coefficient (Wildman–Crippen LogP) is 3.92. The number of hydrogen-bond donors (Lipinski definition) is 1. The Hall–Kier alpha value is -1.32. The minimum Gasteiger partial charge on any atom is -0.448 e. The molecule has 0 aliphatic heterocycles. The summed E-state index contributed by atoms with van der Waals surface area (Å²) in [7, 11) is 0. The van der Waals surface area contributed by atoms with Crippen LogP contribution in [-0.2, 0) is 6.42 Å². The summed E-state index contributed by atoms with van der Waals surface area (Å²) in [5.41, 5.74) is 2.28. The lowest BCUT2D eigenvalue weighted by atomic mass is 10.0. The topological polar surface area (TPSA) is 38.1 Å². The summed E-state index contributed by atoms with van der Waals surface area (Å²) in [6.45, 7) is 5.16. The molecule has 0 aliphatic rings. The normalized spacial score (nSPS) is 12.6. The quantitative estimate of drug-likeness (QED) is 0.870. The molecule has 4 heteroatoms. The molecular formula is C15H19ClN2O. The highest BCUT2D eigenvalue weighted by Crippen LogP contribution is 2.23. The van der Waals surface area contributed by atoms with Gasteiger partial charge in [0.2, 0.25) is 0 Å². The van der Waals surface area contributed by atoms with Gasteiger partial charge in [-0.15, -0.1) is 0 Å². The second-order valence-corrected chi connectivity index (χ2v) is 4.99. The summed E-state index contributed by atoms with van der Waals surface area (Å²) in [6, 6.07) is 7.85. The van der Waals surface area contributed by atoms with E-state index in [0.717, 1.165) is 30.8 Å². The molecule has 0 aromatic carbocycles. The van der Waals surface area contributed by atoms with Gasteiger partial charge in [-0.3, -0.25) is 4.98 Å². The largest absolute Gasteiger partial charge is 0.448 e. The molecule has 2 aromatic rings. The Kier molecular flexibility index (Phi) is 5.00. The zero-order valence-corrected chi connectivity index (χ0v) is 12.1. The van der Waals surface area contributed by atoms with Crippen LogP contribution in [0.25, 0.3) is 0 Å². The third kappa shape index (κ3) is 3.82. The van der Waals surface area contributed by atoms with Crippen molar-refractivity contribution >= 4 is 11.6 Å². The monoisotopic (exact) mass is 278 g/mol. The first kappa shape index (κ1) is 14.1. The molecule has 19 heavy (non-hydrogen) atoms. The number of nitrogens with zero attached hydrogens (tertiary/aromatic N) is 1. The fourth-order valence-corrected chi connectivity index (χ4v) is 2.18. The molecule has 2 rings (SSSR count). The van der Waals surface area contributed by atoms with E-state index in [1.807, 2.05) is 18.3 Å². The number of hydrogen-bond acceptors (Lipinski definition) is 3. The van der Waals surface area contributed by atoms with E-state index < -0.39 is 0 Å². The summed E-state index contributed by atoms with van der Waals surface area (Å²) >= 11 is 5.86. The maximum atomic E-state index is 5.86. The molecule has 0 amide bonds. The molecule has 0 spiro atoms. The molecule has 0 bridgehead atoms. The van der Waals surface area contributed by atoms with Crippen molar-refractivity contribution in [2.75, 3.05) is 6.54 Å². The lowest BCUT2D eigenvalue weighted by Gasteiger charge is -2.16. The Morgan fingerprint density at radius 1 is 1.37 bits per heavy atom. The molecule has 1 N–H and O–H groups in total. The van der Waals surface area contributed by atoms with Gasteiger partial charge < -0.3 is 9.73 Å². The van der Waals surface area contributed by atoms with Crippen LogP contribution >= 0.6 is 11.6 Å². The van der Waals surface area contributed by atoms with Gasteiger partial charge in [0, 0.05) is 18.3 Å². The Morgan fingerprint density at radius 3 is 2.84 bits per heavy atom. The summed E-state index contributed by atoms with van der Waals surface area (Å²) in [5, 5.41) is 3.91. The standard InChI is InChI=1S/C15H19ClN2O/c1-3-8-17-13(14-6-7-15(16)19-14)10-12-11(2)5-4-9-18-12/h4-7,9,13,17H,3,8,10H2,1-2H3. The number of aromatic nitrogens is 1. The van der Waals surface area contributed by atoms with E-state index in [4.69, 9.17) is 16.0 Å². The van der Waals surface area contributed by atoms with Crippen molar-refractivity contribution in [3.8, 4) is 0 Å². The van der Waals surface area contributed by atoms with Crippen LogP contribution in [0.5, 0.6) is 0 Å². The third-order valence-corrected chi connectivity index (χ3v) is 3.30. The minimum absolute atomic E-state index is 0.112. The SMILES string of the molecule is CCCNC(Cc1ncccc1C)c1ccc(Cl)o1. The fraction of sp³-hybridized carbons (Fsp3) is 0.400. The first-order valence-electron chi connectivity index (χ1n) is 6.59. The summed E-state index contributed by atoms with van der Waals surface area (Å²) in [5.74, 6) is 0.864. The second-order valence-electron chi connectivity index (χ2n) is 4.62. The van der Waals surface area contributed by atoms with Gasteiger partial charge in [-0.25, -0.2) is 0 Å². The molecule has 1 unspecified atom stereocenters. The highest BCUT2D eigenvalue weighted by molar-refractivity contribution is 6.28. The van der Waals surface area contributed by atoms with E-state index in [1.165, 1.54) is 5.56 Å². The molecule has 2 aromatic heterocycles. The smallest absolute Gasteiger partial charge is 0.193 e. The van der Waals surface area contributed by atoms with Gasteiger partial charge >= 0.3 is 0 Å². The van der Waals surface area contributed by atoms with E-state index in [-0.39, 0.29) is 6.04 Å². The van der Waals surface area contributed by atoms with Gasteiger partial charge in [-0.05, 0) is 55.3 Å². The van der Waals surface area contributed by atoms with Crippen LogP contribution in [0.1, 0.15) is 36.4 Å². The van der Waals surface area contributed by atoms with E-state index in [1.54, 1.807) is 6.07 Å². The van der Waals surface area contributed by atoms with Crippen LogP contribution in [0.3, 0.4) is 0 Å². The maximum Gasteiger partial charge on any atom is 0.193 e. The molecule has 3 nitrogen and oxygen atoms in total. The van der Waals surface area contributed by atoms with Gasteiger partial charge in [0.05, 0.1) is 6.04 Å². The summed E-state index contributed by atoms with van der Waals surface area (Å²) in [6.07, 6.45) is 3.71. The Labute approximate surface area is 119 Å². The van der Waals surface area contributed by atoms with Crippen molar-refractivity contribution in [3.63, 3.8) is 0 Å². The van der Waals surface area contributed by atoms with E-state index in [2.05, 4.69) is 30.2 Å². The molecule has 2 heterocycles. The molecule has 0 aliphatic carbocycles. The lowest BCUT2D eigenvalue weighted by molar-refractivity contribution is 0.409. The van der Waals surface area contributed by atoms with Crippen molar-refractivity contribution < 1.29 is 4.42 Å². The number of halogens is 1. The lowest BCUT2D eigenvalue weighted by Crippen LogP contribution is -2.24. The number of nitrogens with one attached hydrogen (secondary N) is 1. The predicted molar refractivity (Wildman–Crippen MR) is 77.4 cm³/mol. The second kappa shape index (κ2) is 6.73. The Morgan fingerprint density at radius 2 is 2.21 bits per heavy atom. The van der Waals surface area contributed by atoms with Gasteiger partial charge in [0.1, 0.15) is 5.76 Å². The van der Waals surface area contributed by atoms with Crippen molar-refractivity contribution in [2.45, 2.75) is 32.7 Å². The Bertz CT molecular complexity index is 524. The zero-order chi connectivity index (χ0) is 13.7. The first-order chi connectivity index (χ1) is 9.20. The first-order valence-corrected chi connectivity index (χ1v) is 6.97. The van der Waals surface area contributed by atoms with Crippen LogP contribution in [0.15, 0.2) is 34.9 Å². The minimum atomic E-state index is 0.112. The van der Waals surface area contributed by atoms with Crippen molar-refractivity contribution in [1.82, 2.24) is 10.3 Å². The molecule has 0 fully saturated rings. The van der Waals surface area contributed by atoms with Crippen molar-refractivity contribution in [2.24, 2.45) is 0 Å².